The maximum absolute atomic E-state index is 15.6. The molecule has 0 atom stereocenters. The molecule has 0 unspecified atom stereocenters. The molecule has 1 aromatic heterocycles. The summed E-state index contributed by atoms with van der Waals surface area (Å²) in [5, 5.41) is 0.866. The molecule has 1 aliphatic heterocycles. The summed E-state index contributed by atoms with van der Waals surface area (Å²) in [4.78, 5) is 50.1. The average Bonchev–Trinajstić information content (AvgIpc) is 3.67. The van der Waals surface area contributed by atoms with Crippen LogP contribution in [0.2, 0.25) is 0 Å². The van der Waals surface area contributed by atoms with E-state index < -0.39 is 11.8 Å². The van der Waals surface area contributed by atoms with E-state index >= 15 is 4.39 Å². The fourth-order valence-electron chi connectivity index (χ4n) is 4.97. The predicted octanol–water partition coefficient (Wildman–Crippen LogP) is 4.61. The van der Waals surface area contributed by atoms with E-state index in [0.29, 0.717) is 33.5 Å². The summed E-state index contributed by atoms with van der Waals surface area (Å²) in [6.45, 7) is 4.60. The van der Waals surface area contributed by atoms with Gasteiger partial charge in [-0.1, -0.05) is 0 Å². The third kappa shape index (κ3) is 8.58. The second-order valence-corrected chi connectivity index (χ2v) is 12.6. The van der Waals surface area contributed by atoms with Crippen molar-refractivity contribution in [3.8, 4) is 23.0 Å². The van der Waals surface area contributed by atoms with Gasteiger partial charge < -0.3 is 9.64 Å². The molecule has 2 aromatic carbocycles. The number of hydrogen-bond donors (Lipinski definition) is 0. The molecule has 0 fully saturated rings. The van der Waals surface area contributed by atoms with Gasteiger partial charge in [-0.3, -0.25) is 9.59 Å². The molecular weight excluding hydrogens is 668 g/mol. The van der Waals surface area contributed by atoms with E-state index in [4.69, 9.17) is 28.4 Å². The van der Waals surface area contributed by atoms with Crippen LogP contribution >= 0.6 is 0 Å². The Hall–Kier alpha value is -4.09. The monoisotopic (exact) mass is 707 g/mol. The Labute approximate surface area is 272 Å². The van der Waals surface area contributed by atoms with Gasteiger partial charge in [0.2, 0.25) is 5.91 Å². The minimum atomic E-state index is -0.586. The first-order valence-corrected chi connectivity index (χ1v) is 16.8. The third-order valence-electron chi connectivity index (χ3n) is 7.24. The van der Waals surface area contributed by atoms with E-state index in [9.17, 15) is 19.2 Å². The number of fused-ring (bicyclic) bond motifs is 2. The van der Waals surface area contributed by atoms with Gasteiger partial charge in [-0.25, -0.2) is 0 Å². The Balaban J connectivity index is 1.33. The van der Waals surface area contributed by atoms with Crippen molar-refractivity contribution in [3.05, 3.63) is 45.6 Å². The molecule has 0 radical (unpaired) electrons. The number of rotatable bonds is 17. The Morgan fingerprint density at radius 2 is 1.48 bits per heavy atom. The number of benzene rings is 2. The zero-order chi connectivity index (χ0) is 33.2. The van der Waals surface area contributed by atoms with E-state index in [1.54, 1.807) is 19.9 Å². The molecule has 11 nitrogen and oxygen atoms in total. The van der Waals surface area contributed by atoms with Crippen LogP contribution in [0.4, 0.5) is 4.39 Å². The molecule has 1 amide bonds. The number of amides is 1. The van der Waals surface area contributed by atoms with Crippen LogP contribution in [0.1, 0.15) is 66.3 Å². The Bertz CT molecular complexity index is 1590. The topological polar surface area (TPSA) is 127 Å². The van der Waals surface area contributed by atoms with Crippen molar-refractivity contribution in [2.24, 2.45) is 0 Å². The maximum atomic E-state index is 15.6. The summed E-state index contributed by atoms with van der Waals surface area (Å²) in [5.74, 6) is -0.548. The van der Waals surface area contributed by atoms with E-state index in [1.807, 2.05) is 18.2 Å². The van der Waals surface area contributed by atoms with Gasteiger partial charge in [-0.05, 0) is 12.5 Å². The molecule has 3 aromatic rings. The van der Waals surface area contributed by atoms with Gasteiger partial charge in [-0.2, -0.15) is 0 Å². The average molecular weight is 707 g/mol. The first-order valence-electron chi connectivity index (χ1n) is 15.1. The van der Waals surface area contributed by atoms with Crippen molar-refractivity contribution >= 4 is 47.8 Å². The van der Waals surface area contributed by atoms with E-state index in [-0.39, 0.29) is 109 Å². The first kappa shape index (κ1) is 34.8. The van der Waals surface area contributed by atoms with Crippen LogP contribution in [0.15, 0.2) is 24.3 Å². The molecule has 0 N–H and O–H groups in total. The van der Waals surface area contributed by atoms with Crippen molar-refractivity contribution < 1.29 is 52.0 Å². The van der Waals surface area contributed by atoms with Gasteiger partial charge in [0.15, 0.2) is 0 Å². The van der Waals surface area contributed by atoms with Crippen LogP contribution in [-0.4, -0.2) is 83.7 Å². The molecule has 46 heavy (non-hydrogen) atoms. The summed E-state index contributed by atoms with van der Waals surface area (Å²) in [6.07, 6.45) is 0.515. The van der Waals surface area contributed by atoms with Crippen molar-refractivity contribution in [2.45, 2.75) is 59.0 Å². The van der Waals surface area contributed by atoms with E-state index in [2.05, 4.69) is 0 Å². The van der Waals surface area contributed by atoms with Crippen LogP contribution < -0.4 is 18.9 Å². The number of esters is 2. The van der Waals surface area contributed by atoms with Gasteiger partial charge in [0.25, 0.3) is 0 Å². The second-order valence-electron chi connectivity index (χ2n) is 10.3. The summed E-state index contributed by atoms with van der Waals surface area (Å²) in [7, 11) is 2.96. The summed E-state index contributed by atoms with van der Waals surface area (Å²) < 4.78 is 49.7. The standard InChI is InChI=1S/C33H38FNO10Se/c1-5-42-30(38)10-8-23(36)28-16-20-14-25(24(40-3)17-27(20)46-28)44-12-7-13-45-33-26(41-4)15-21-18-35(19-22(21)32(33)34)29(37)9-11-31(39)43-6-2/h14-17H,5-13,18-19H2,1-4H3. The van der Waals surface area contributed by atoms with Gasteiger partial charge in [0.05, 0.1) is 20.1 Å². The third-order valence-corrected chi connectivity index (χ3v) is 9.63. The number of carbonyl (C=O) groups excluding carboxylic acids is 4. The van der Waals surface area contributed by atoms with Crippen molar-refractivity contribution in [1.82, 2.24) is 4.90 Å². The normalized spacial score (nSPS) is 12.1. The van der Waals surface area contributed by atoms with E-state index in [1.165, 1.54) is 19.1 Å². The number of Topliss-reactive ketones (excluding diaryl/α,β-unsaturated/α-hetero) is 1. The van der Waals surface area contributed by atoms with Crippen LogP contribution in [0.25, 0.3) is 9.65 Å². The molecule has 1 aliphatic rings. The summed E-state index contributed by atoms with van der Waals surface area (Å²) in [5.41, 5.74) is 0.977. The van der Waals surface area contributed by atoms with Crippen LogP contribution in [-0.2, 0) is 36.9 Å². The fourth-order valence-corrected chi connectivity index (χ4v) is 7.15. The zero-order valence-corrected chi connectivity index (χ0v) is 28.1. The number of methoxy groups -OCH3 is 2. The predicted molar refractivity (Wildman–Crippen MR) is 166 cm³/mol. The Kier molecular flexibility index (Phi) is 12.4. The van der Waals surface area contributed by atoms with Crippen LogP contribution in [0.3, 0.4) is 0 Å². The molecule has 0 saturated heterocycles. The second kappa shape index (κ2) is 16.5. The number of nitrogens with zero attached hydrogens (tertiary/aromatic N) is 1. The first-order chi connectivity index (χ1) is 22.2. The van der Waals surface area contributed by atoms with Crippen LogP contribution in [0, 0.1) is 5.82 Å². The Morgan fingerprint density at radius 1 is 0.804 bits per heavy atom. The fraction of sp³-hybridized carbons (Fsp3) is 0.455. The minimum absolute atomic E-state index is 0.0164. The van der Waals surface area contributed by atoms with Crippen molar-refractivity contribution in [1.29, 1.82) is 0 Å². The molecule has 2 heterocycles. The number of hydrogen-bond acceptors (Lipinski definition) is 10. The van der Waals surface area contributed by atoms with Crippen LogP contribution in [0.5, 0.6) is 23.0 Å². The SMILES string of the molecule is CCOC(=O)CCC(=O)c1cc2cc(OCCCOc3c(OC)cc4c(c3F)CN(C(=O)CCC(=O)OCC)C4)c(OC)cc2[se]1. The molecule has 0 saturated carbocycles. The summed E-state index contributed by atoms with van der Waals surface area (Å²) in [6, 6.07) is 7.18. The van der Waals surface area contributed by atoms with Gasteiger partial charge in [0, 0.05) is 19.5 Å². The van der Waals surface area contributed by atoms with Gasteiger partial charge >= 0.3 is 196 Å². The molecule has 13 heteroatoms. The molecule has 0 aliphatic carbocycles. The van der Waals surface area contributed by atoms with Gasteiger partial charge in [-0.15, -0.1) is 0 Å². The quantitative estimate of drug-likeness (QED) is 0.0850. The number of halogens is 1. The molecule has 4 rings (SSSR count). The number of ketones is 1. The van der Waals surface area contributed by atoms with Crippen molar-refractivity contribution in [2.75, 3.05) is 40.6 Å². The molecule has 0 bridgehead atoms. The summed E-state index contributed by atoms with van der Waals surface area (Å²) >= 11 is -0.216. The molecule has 248 valence electrons. The van der Waals surface area contributed by atoms with Crippen molar-refractivity contribution in [3.63, 3.8) is 0 Å². The van der Waals surface area contributed by atoms with Gasteiger partial charge in [0.1, 0.15) is 0 Å². The Morgan fingerprint density at radius 3 is 2.15 bits per heavy atom. The zero-order valence-electron chi connectivity index (χ0n) is 26.4. The number of carbonyl (C=O) groups is 4. The molecular formula is C33H38FNO10Se. The van der Waals surface area contributed by atoms with E-state index in [0.717, 1.165) is 9.65 Å². The number of ether oxygens (including phenoxy) is 6. The molecule has 0 spiro atoms.